The number of guanidine groups is 1. The van der Waals surface area contributed by atoms with E-state index in [1.165, 1.54) is 0 Å². The molecule has 1 aliphatic rings. The second kappa shape index (κ2) is 14.1. The third-order valence-corrected chi connectivity index (χ3v) is 4.85. The zero-order chi connectivity index (χ0) is 20.7. The molecule has 1 fully saturated rings. The van der Waals surface area contributed by atoms with E-state index in [0.717, 1.165) is 82.8 Å². The topological polar surface area (TPSA) is 64.6 Å². The van der Waals surface area contributed by atoms with Crippen LogP contribution in [0.2, 0.25) is 0 Å². The maximum absolute atomic E-state index is 5.82. The number of hydrogen-bond donors (Lipinski definition) is 1. The lowest BCUT2D eigenvalue weighted by atomic mass is 10.0. The van der Waals surface area contributed by atoms with Gasteiger partial charge in [-0.2, -0.15) is 0 Å². The number of benzene rings is 1. The van der Waals surface area contributed by atoms with Crippen LogP contribution in [0, 0.1) is 5.92 Å². The molecule has 0 amide bonds. The Morgan fingerprint density at radius 2 is 1.90 bits per heavy atom. The predicted octanol–water partition coefficient (Wildman–Crippen LogP) is 2.80. The molecule has 7 heteroatoms. The molecule has 0 aromatic heterocycles. The van der Waals surface area contributed by atoms with Crippen LogP contribution in [0.5, 0.6) is 11.5 Å². The fraction of sp³-hybridized carbons (Fsp3) is 0.682. The molecule has 1 N–H and O–H groups in total. The lowest BCUT2D eigenvalue weighted by Gasteiger charge is -2.22. The molecule has 7 nitrogen and oxygen atoms in total. The Labute approximate surface area is 175 Å². The van der Waals surface area contributed by atoms with Crippen molar-refractivity contribution in [3.63, 3.8) is 0 Å². The van der Waals surface area contributed by atoms with Crippen molar-refractivity contribution in [2.45, 2.75) is 26.2 Å². The van der Waals surface area contributed by atoms with Crippen LogP contribution in [0.25, 0.3) is 0 Å². The monoisotopic (exact) mass is 407 g/mol. The molecule has 2 rings (SSSR count). The van der Waals surface area contributed by atoms with Gasteiger partial charge in [0.15, 0.2) is 5.96 Å². The Balaban J connectivity index is 1.63. The smallest absolute Gasteiger partial charge is 0.193 e. The van der Waals surface area contributed by atoms with Crippen molar-refractivity contribution in [2.24, 2.45) is 10.9 Å². The Morgan fingerprint density at radius 3 is 2.59 bits per heavy atom. The average molecular weight is 408 g/mol. The molecule has 0 atom stereocenters. The zero-order valence-corrected chi connectivity index (χ0v) is 18.2. The van der Waals surface area contributed by atoms with Crippen LogP contribution in [-0.2, 0) is 9.47 Å². The van der Waals surface area contributed by atoms with Crippen molar-refractivity contribution in [1.29, 1.82) is 0 Å². The van der Waals surface area contributed by atoms with Gasteiger partial charge in [-0.3, -0.25) is 4.99 Å². The summed E-state index contributed by atoms with van der Waals surface area (Å²) < 4.78 is 22.2. The van der Waals surface area contributed by atoms with E-state index in [-0.39, 0.29) is 0 Å². The second-order valence-corrected chi connectivity index (χ2v) is 7.17. The summed E-state index contributed by atoms with van der Waals surface area (Å²) in [5.41, 5.74) is 0. The van der Waals surface area contributed by atoms with Gasteiger partial charge in [0.25, 0.3) is 0 Å². The van der Waals surface area contributed by atoms with E-state index in [2.05, 4.69) is 17.1 Å². The molecule has 0 radical (unpaired) electrons. The van der Waals surface area contributed by atoms with E-state index in [1.54, 1.807) is 7.11 Å². The van der Waals surface area contributed by atoms with Crippen LogP contribution in [-0.4, -0.2) is 77.7 Å². The van der Waals surface area contributed by atoms with Gasteiger partial charge in [0.1, 0.15) is 18.1 Å². The fourth-order valence-corrected chi connectivity index (χ4v) is 3.06. The van der Waals surface area contributed by atoms with Crippen LogP contribution >= 0.6 is 0 Å². The summed E-state index contributed by atoms with van der Waals surface area (Å²) in [6.07, 6.45) is 3.16. The summed E-state index contributed by atoms with van der Waals surface area (Å²) in [7, 11) is 3.69. The van der Waals surface area contributed by atoms with E-state index in [9.17, 15) is 0 Å². The number of methoxy groups -OCH3 is 1. The van der Waals surface area contributed by atoms with Gasteiger partial charge in [0.2, 0.25) is 0 Å². The quantitative estimate of drug-likeness (QED) is 0.327. The summed E-state index contributed by atoms with van der Waals surface area (Å²) >= 11 is 0. The normalized spacial score (nSPS) is 15.2. The molecular weight excluding hydrogens is 370 g/mol. The standard InChI is InChI=1S/C22H37N3O4/c1-4-23-22(24-12-5-14-28-18-19-10-15-27-16-11-19)25(2)13-17-29-21-8-6-20(26-3)7-9-21/h6-9,19H,4-5,10-18H2,1-3H3,(H,23,24). The van der Waals surface area contributed by atoms with Crippen LogP contribution in [0.15, 0.2) is 29.3 Å². The van der Waals surface area contributed by atoms with Gasteiger partial charge in [-0.25, -0.2) is 0 Å². The van der Waals surface area contributed by atoms with E-state index < -0.39 is 0 Å². The molecule has 1 aliphatic heterocycles. The van der Waals surface area contributed by atoms with Crippen LogP contribution in [0.4, 0.5) is 0 Å². The highest BCUT2D eigenvalue weighted by Gasteiger charge is 2.13. The zero-order valence-electron chi connectivity index (χ0n) is 18.2. The average Bonchev–Trinajstić information content (AvgIpc) is 2.76. The van der Waals surface area contributed by atoms with Crippen molar-refractivity contribution in [3.05, 3.63) is 24.3 Å². The lowest BCUT2D eigenvalue weighted by Crippen LogP contribution is -2.41. The lowest BCUT2D eigenvalue weighted by molar-refractivity contribution is 0.0205. The molecule has 0 saturated carbocycles. The van der Waals surface area contributed by atoms with Gasteiger partial charge in [-0.15, -0.1) is 0 Å². The minimum atomic E-state index is 0.585. The molecule has 1 aromatic carbocycles. The highest BCUT2D eigenvalue weighted by molar-refractivity contribution is 5.79. The first-order valence-electron chi connectivity index (χ1n) is 10.6. The Kier molecular flexibility index (Phi) is 11.3. The molecule has 0 bridgehead atoms. The second-order valence-electron chi connectivity index (χ2n) is 7.17. The molecule has 0 aliphatic carbocycles. The first-order chi connectivity index (χ1) is 14.2. The van der Waals surface area contributed by atoms with Crippen molar-refractivity contribution < 1.29 is 18.9 Å². The summed E-state index contributed by atoms with van der Waals surface area (Å²) in [6.45, 7) is 8.34. The molecule has 1 heterocycles. The molecule has 1 aromatic rings. The van der Waals surface area contributed by atoms with E-state index in [0.29, 0.717) is 12.5 Å². The first kappa shape index (κ1) is 23.3. The van der Waals surface area contributed by atoms with Crippen LogP contribution in [0.1, 0.15) is 26.2 Å². The summed E-state index contributed by atoms with van der Waals surface area (Å²) in [5.74, 6) is 3.22. The molecular formula is C22H37N3O4. The van der Waals surface area contributed by atoms with Crippen molar-refractivity contribution in [2.75, 3.05) is 66.8 Å². The minimum Gasteiger partial charge on any atom is -0.497 e. The summed E-state index contributed by atoms with van der Waals surface area (Å²) in [5, 5.41) is 3.34. The maximum atomic E-state index is 5.82. The van der Waals surface area contributed by atoms with Gasteiger partial charge in [0.05, 0.1) is 13.7 Å². The van der Waals surface area contributed by atoms with Gasteiger partial charge < -0.3 is 29.2 Å². The van der Waals surface area contributed by atoms with Crippen molar-refractivity contribution in [1.82, 2.24) is 10.2 Å². The third-order valence-electron chi connectivity index (χ3n) is 4.85. The number of likely N-dealkylation sites (N-methyl/N-ethyl adjacent to an activating group) is 1. The maximum Gasteiger partial charge on any atom is 0.193 e. The number of ether oxygens (including phenoxy) is 4. The molecule has 29 heavy (non-hydrogen) atoms. The number of nitrogens with zero attached hydrogens (tertiary/aromatic N) is 2. The Morgan fingerprint density at radius 1 is 1.17 bits per heavy atom. The summed E-state index contributed by atoms with van der Waals surface area (Å²) in [6, 6.07) is 7.63. The molecule has 164 valence electrons. The Bertz CT molecular complexity index is 574. The van der Waals surface area contributed by atoms with Crippen LogP contribution < -0.4 is 14.8 Å². The fourth-order valence-electron chi connectivity index (χ4n) is 3.06. The van der Waals surface area contributed by atoms with Gasteiger partial charge in [0, 0.05) is 46.6 Å². The molecule has 1 saturated heterocycles. The molecule has 0 unspecified atom stereocenters. The van der Waals surface area contributed by atoms with Crippen molar-refractivity contribution >= 4 is 5.96 Å². The minimum absolute atomic E-state index is 0.585. The van der Waals surface area contributed by atoms with E-state index in [4.69, 9.17) is 23.9 Å². The highest BCUT2D eigenvalue weighted by Crippen LogP contribution is 2.17. The SMILES string of the molecule is CCNC(=NCCCOCC1CCOCC1)N(C)CCOc1ccc(OC)cc1. The number of nitrogens with one attached hydrogen (secondary N) is 1. The number of rotatable bonds is 12. The first-order valence-corrected chi connectivity index (χ1v) is 10.6. The Hall–Kier alpha value is -1.99. The largest absolute Gasteiger partial charge is 0.497 e. The van der Waals surface area contributed by atoms with E-state index >= 15 is 0 Å². The van der Waals surface area contributed by atoms with Gasteiger partial charge in [-0.05, 0) is 56.4 Å². The highest BCUT2D eigenvalue weighted by atomic mass is 16.5. The number of aliphatic imine (C=N–C) groups is 1. The van der Waals surface area contributed by atoms with Crippen LogP contribution in [0.3, 0.4) is 0 Å². The third kappa shape index (κ3) is 9.37. The van der Waals surface area contributed by atoms with Gasteiger partial charge >= 0.3 is 0 Å². The summed E-state index contributed by atoms with van der Waals surface area (Å²) in [4.78, 5) is 6.80. The van der Waals surface area contributed by atoms with Gasteiger partial charge in [-0.1, -0.05) is 0 Å². The van der Waals surface area contributed by atoms with Crippen molar-refractivity contribution in [3.8, 4) is 11.5 Å². The predicted molar refractivity (Wildman–Crippen MR) is 116 cm³/mol. The number of hydrogen-bond acceptors (Lipinski definition) is 5. The van der Waals surface area contributed by atoms with E-state index in [1.807, 2.05) is 31.3 Å². The molecule has 0 spiro atoms.